The van der Waals surface area contributed by atoms with Gasteiger partial charge in [-0.2, -0.15) is 0 Å². The van der Waals surface area contributed by atoms with Gasteiger partial charge in [0.2, 0.25) is 0 Å². The van der Waals surface area contributed by atoms with Crippen molar-refractivity contribution in [1.82, 2.24) is 14.5 Å². The van der Waals surface area contributed by atoms with E-state index in [9.17, 15) is 0 Å². The van der Waals surface area contributed by atoms with Gasteiger partial charge in [-0.1, -0.05) is 13.0 Å². The summed E-state index contributed by atoms with van der Waals surface area (Å²) in [5.74, 6) is 0. The minimum Gasteiger partial charge on any atom is -0.336 e. The third kappa shape index (κ3) is 3.85. The van der Waals surface area contributed by atoms with E-state index < -0.39 is 0 Å². The van der Waals surface area contributed by atoms with Crippen LogP contribution in [0.5, 0.6) is 0 Å². The quantitative estimate of drug-likeness (QED) is 0.676. The predicted octanol–water partition coefficient (Wildman–Crippen LogP) is 0.850. The number of nitrogens with two attached hydrogens (primary N) is 1. The second kappa shape index (κ2) is 6.37. The first kappa shape index (κ1) is 11.9. The van der Waals surface area contributed by atoms with Crippen molar-refractivity contribution in [2.45, 2.75) is 20.0 Å². The first-order valence-corrected chi connectivity index (χ1v) is 5.34. The van der Waals surface area contributed by atoms with Crippen LogP contribution in [-0.2, 0) is 13.1 Å². The Bertz CT molecular complexity index is 293. The summed E-state index contributed by atoms with van der Waals surface area (Å²) in [6.45, 7) is 10.2. The van der Waals surface area contributed by atoms with Gasteiger partial charge in [0.25, 0.3) is 0 Å². The molecule has 0 amide bonds. The summed E-state index contributed by atoms with van der Waals surface area (Å²) < 4.78 is 2.02. The molecule has 0 spiro atoms. The molecule has 0 radical (unpaired) electrons. The zero-order valence-electron chi connectivity index (χ0n) is 9.39. The Hall–Kier alpha value is -1.13. The summed E-state index contributed by atoms with van der Waals surface area (Å²) >= 11 is 0. The minimum absolute atomic E-state index is 0.653. The van der Waals surface area contributed by atoms with Gasteiger partial charge in [0, 0.05) is 32.4 Å². The molecule has 0 saturated heterocycles. The van der Waals surface area contributed by atoms with Gasteiger partial charge in [-0.05, 0) is 6.54 Å². The molecule has 15 heavy (non-hydrogen) atoms. The van der Waals surface area contributed by atoms with Crippen LogP contribution in [0.1, 0.15) is 12.6 Å². The van der Waals surface area contributed by atoms with Crippen molar-refractivity contribution < 1.29 is 0 Å². The van der Waals surface area contributed by atoms with E-state index in [1.54, 1.807) is 0 Å². The summed E-state index contributed by atoms with van der Waals surface area (Å²) in [6.07, 6.45) is 5.81. The van der Waals surface area contributed by atoms with Crippen molar-refractivity contribution in [1.29, 1.82) is 0 Å². The van der Waals surface area contributed by atoms with E-state index in [1.165, 1.54) is 0 Å². The largest absolute Gasteiger partial charge is 0.336 e. The molecular weight excluding hydrogens is 188 g/mol. The van der Waals surface area contributed by atoms with E-state index in [0.29, 0.717) is 6.54 Å². The number of nitrogens with zero attached hydrogens (tertiary/aromatic N) is 3. The molecule has 0 aliphatic heterocycles. The van der Waals surface area contributed by atoms with Crippen LogP contribution in [0, 0.1) is 0 Å². The predicted molar refractivity (Wildman–Crippen MR) is 62.4 cm³/mol. The van der Waals surface area contributed by atoms with Crippen LogP contribution in [0.15, 0.2) is 25.2 Å². The lowest BCUT2D eigenvalue weighted by Gasteiger charge is -2.16. The maximum Gasteiger partial charge on any atom is 0.0950 e. The molecule has 4 heteroatoms. The lowest BCUT2D eigenvalue weighted by molar-refractivity contribution is 0.308. The summed E-state index contributed by atoms with van der Waals surface area (Å²) in [7, 11) is 0. The molecule has 0 aliphatic carbocycles. The number of imidazole rings is 1. The average Bonchev–Trinajstić information content (AvgIpc) is 2.66. The molecular formula is C11H20N4. The first-order valence-electron chi connectivity index (χ1n) is 5.34. The van der Waals surface area contributed by atoms with Gasteiger partial charge in [-0.25, -0.2) is 4.98 Å². The molecule has 0 bridgehead atoms. The lowest BCUT2D eigenvalue weighted by atomic mass is 10.4. The van der Waals surface area contributed by atoms with Crippen molar-refractivity contribution >= 4 is 0 Å². The molecule has 1 aromatic rings. The molecule has 1 aromatic heterocycles. The van der Waals surface area contributed by atoms with Crippen LogP contribution in [0.4, 0.5) is 0 Å². The maximum absolute atomic E-state index is 5.47. The van der Waals surface area contributed by atoms with Gasteiger partial charge < -0.3 is 10.3 Å². The summed E-state index contributed by atoms with van der Waals surface area (Å²) in [5.41, 5.74) is 6.56. The van der Waals surface area contributed by atoms with E-state index in [0.717, 1.165) is 31.9 Å². The number of likely N-dealkylation sites (N-methyl/N-ethyl adjacent to an activating group) is 1. The highest BCUT2D eigenvalue weighted by Crippen LogP contribution is 2.01. The smallest absolute Gasteiger partial charge is 0.0950 e. The van der Waals surface area contributed by atoms with Gasteiger partial charge >= 0.3 is 0 Å². The molecule has 0 aromatic carbocycles. The van der Waals surface area contributed by atoms with Crippen molar-refractivity contribution in [2.24, 2.45) is 5.73 Å². The highest BCUT2D eigenvalue weighted by atomic mass is 15.1. The molecule has 0 atom stereocenters. The third-order valence-electron chi connectivity index (χ3n) is 2.29. The molecule has 1 rings (SSSR count). The Kier molecular flexibility index (Phi) is 5.07. The Labute approximate surface area is 91.4 Å². The van der Waals surface area contributed by atoms with Crippen LogP contribution in [0.25, 0.3) is 0 Å². The SMILES string of the molecule is C=CCN(CC)Cc1cn(CCN)cn1. The second-order valence-corrected chi connectivity index (χ2v) is 3.51. The first-order chi connectivity index (χ1) is 7.30. The Morgan fingerprint density at radius 1 is 1.67 bits per heavy atom. The maximum atomic E-state index is 5.47. The molecule has 84 valence electrons. The fourth-order valence-electron chi connectivity index (χ4n) is 1.48. The monoisotopic (exact) mass is 208 g/mol. The third-order valence-corrected chi connectivity index (χ3v) is 2.29. The van der Waals surface area contributed by atoms with Gasteiger partial charge in [-0.15, -0.1) is 6.58 Å². The lowest BCUT2D eigenvalue weighted by Crippen LogP contribution is -2.22. The number of hydrogen-bond acceptors (Lipinski definition) is 3. The van der Waals surface area contributed by atoms with Crippen LogP contribution in [0.3, 0.4) is 0 Å². The fraction of sp³-hybridized carbons (Fsp3) is 0.545. The summed E-state index contributed by atoms with van der Waals surface area (Å²) in [5, 5.41) is 0. The van der Waals surface area contributed by atoms with E-state index in [-0.39, 0.29) is 0 Å². The van der Waals surface area contributed by atoms with Gasteiger partial charge in [0.15, 0.2) is 0 Å². The summed E-state index contributed by atoms with van der Waals surface area (Å²) in [4.78, 5) is 6.62. The molecule has 0 saturated carbocycles. The zero-order valence-corrected chi connectivity index (χ0v) is 9.39. The molecule has 4 nitrogen and oxygen atoms in total. The van der Waals surface area contributed by atoms with Crippen LogP contribution in [-0.4, -0.2) is 34.1 Å². The Morgan fingerprint density at radius 3 is 3.07 bits per heavy atom. The molecule has 0 unspecified atom stereocenters. The number of hydrogen-bond donors (Lipinski definition) is 1. The van der Waals surface area contributed by atoms with E-state index in [4.69, 9.17) is 5.73 Å². The van der Waals surface area contributed by atoms with Gasteiger partial charge in [-0.3, -0.25) is 4.90 Å². The van der Waals surface area contributed by atoms with Crippen molar-refractivity contribution in [3.05, 3.63) is 30.9 Å². The minimum atomic E-state index is 0.653. The summed E-state index contributed by atoms with van der Waals surface area (Å²) in [6, 6.07) is 0. The van der Waals surface area contributed by atoms with Crippen LogP contribution >= 0.6 is 0 Å². The standard InChI is InChI=1S/C11H20N4/c1-3-6-14(4-2)8-11-9-15(7-5-12)10-13-11/h3,9-10H,1,4-8,12H2,2H3. The van der Waals surface area contributed by atoms with Crippen molar-refractivity contribution in [2.75, 3.05) is 19.6 Å². The Balaban J connectivity index is 2.50. The van der Waals surface area contributed by atoms with E-state index >= 15 is 0 Å². The Morgan fingerprint density at radius 2 is 2.47 bits per heavy atom. The van der Waals surface area contributed by atoms with E-state index in [2.05, 4.69) is 29.6 Å². The van der Waals surface area contributed by atoms with Gasteiger partial charge in [0.05, 0.1) is 12.0 Å². The normalized spacial score (nSPS) is 10.9. The molecule has 1 heterocycles. The highest BCUT2D eigenvalue weighted by molar-refractivity contribution is 4.97. The number of rotatable bonds is 7. The van der Waals surface area contributed by atoms with E-state index in [1.807, 2.05) is 17.0 Å². The average molecular weight is 208 g/mol. The molecule has 0 aliphatic rings. The second-order valence-electron chi connectivity index (χ2n) is 3.51. The molecule has 2 N–H and O–H groups in total. The van der Waals surface area contributed by atoms with Crippen LogP contribution < -0.4 is 5.73 Å². The fourth-order valence-corrected chi connectivity index (χ4v) is 1.48. The van der Waals surface area contributed by atoms with Gasteiger partial charge in [0.1, 0.15) is 0 Å². The zero-order chi connectivity index (χ0) is 11.1. The van der Waals surface area contributed by atoms with Crippen molar-refractivity contribution in [3.63, 3.8) is 0 Å². The molecule has 0 fully saturated rings. The highest BCUT2D eigenvalue weighted by Gasteiger charge is 2.04. The number of aromatic nitrogens is 2. The van der Waals surface area contributed by atoms with Crippen molar-refractivity contribution in [3.8, 4) is 0 Å². The topological polar surface area (TPSA) is 47.1 Å². The van der Waals surface area contributed by atoms with Crippen LogP contribution in [0.2, 0.25) is 0 Å².